The first-order valence-electron chi connectivity index (χ1n) is 4.58. The molecular formula is C8H10F5NOS. The molecular weight excluding hydrogens is 253 g/mol. The van der Waals surface area contributed by atoms with Crippen LogP contribution in [0.15, 0.2) is 0 Å². The van der Waals surface area contributed by atoms with Crippen molar-refractivity contribution in [3.8, 4) is 0 Å². The van der Waals surface area contributed by atoms with Crippen LogP contribution in [0.25, 0.3) is 0 Å². The highest BCUT2D eigenvalue weighted by Crippen LogP contribution is 2.35. The number of carbonyl (C=O) groups is 1. The molecule has 0 unspecified atom stereocenters. The van der Waals surface area contributed by atoms with Gasteiger partial charge >= 0.3 is 18.0 Å². The van der Waals surface area contributed by atoms with Gasteiger partial charge in [-0.05, 0) is 24.3 Å². The maximum atomic E-state index is 12.5. The monoisotopic (exact) mass is 263 g/mol. The van der Waals surface area contributed by atoms with Crippen molar-refractivity contribution in [1.29, 1.82) is 0 Å². The predicted octanol–water partition coefficient (Wildman–Crippen LogP) is 2.20. The molecule has 1 N–H and O–H groups in total. The molecule has 1 aliphatic heterocycles. The number of nitrogens with one attached hydrogen (secondary N) is 1. The quantitative estimate of drug-likeness (QED) is 0.774. The Kier molecular flexibility index (Phi) is 4.03. The van der Waals surface area contributed by atoms with E-state index in [1.807, 2.05) is 0 Å². The van der Waals surface area contributed by atoms with E-state index in [-0.39, 0.29) is 0 Å². The van der Waals surface area contributed by atoms with Crippen molar-refractivity contribution in [2.75, 3.05) is 11.5 Å². The minimum atomic E-state index is -5.83. The molecule has 1 saturated heterocycles. The summed E-state index contributed by atoms with van der Waals surface area (Å²) in [5.74, 6) is -6.25. The van der Waals surface area contributed by atoms with Crippen LogP contribution >= 0.6 is 11.8 Å². The fourth-order valence-electron chi connectivity index (χ4n) is 1.25. The fraction of sp³-hybridized carbons (Fsp3) is 0.875. The van der Waals surface area contributed by atoms with Crippen LogP contribution in [0.1, 0.15) is 12.8 Å². The van der Waals surface area contributed by atoms with Crippen molar-refractivity contribution in [2.45, 2.75) is 31.0 Å². The zero-order chi connectivity index (χ0) is 12.4. The third kappa shape index (κ3) is 2.99. The van der Waals surface area contributed by atoms with E-state index in [1.165, 1.54) is 0 Å². The van der Waals surface area contributed by atoms with Crippen molar-refractivity contribution < 1.29 is 26.7 Å². The first kappa shape index (κ1) is 13.5. The highest BCUT2D eigenvalue weighted by molar-refractivity contribution is 7.99. The molecule has 1 aliphatic rings. The lowest BCUT2D eigenvalue weighted by atomic mass is 10.1. The van der Waals surface area contributed by atoms with Gasteiger partial charge in [0.05, 0.1) is 0 Å². The molecule has 0 aromatic heterocycles. The van der Waals surface area contributed by atoms with Gasteiger partial charge in [0, 0.05) is 6.04 Å². The van der Waals surface area contributed by atoms with Crippen molar-refractivity contribution in [3.63, 3.8) is 0 Å². The molecule has 1 fully saturated rings. The summed E-state index contributed by atoms with van der Waals surface area (Å²) in [6, 6.07) is -0.582. The molecule has 0 aromatic rings. The van der Waals surface area contributed by atoms with Gasteiger partial charge < -0.3 is 5.32 Å². The molecule has 0 bridgehead atoms. The standard InChI is InChI=1S/C8H10F5NOS/c9-7(10,8(11,12)13)6(15)14-5-1-3-16-4-2-5/h5H,1-4H2,(H,14,15). The number of hydrogen-bond acceptors (Lipinski definition) is 2. The third-order valence-electron chi connectivity index (χ3n) is 2.20. The summed E-state index contributed by atoms with van der Waals surface area (Å²) in [5.41, 5.74) is 0. The van der Waals surface area contributed by atoms with Gasteiger partial charge in [0.15, 0.2) is 0 Å². The van der Waals surface area contributed by atoms with Crippen LogP contribution in [0.2, 0.25) is 0 Å². The van der Waals surface area contributed by atoms with Crippen molar-refractivity contribution >= 4 is 17.7 Å². The van der Waals surface area contributed by atoms with Gasteiger partial charge in [0.1, 0.15) is 0 Å². The van der Waals surface area contributed by atoms with Crippen LogP contribution in [0.4, 0.5) is 22.0 Å². The van der Waals surface area contributed by atoms with Crippen molar-refractivity contribution in [2.24, 2.45) is 0 Å². The number of rotatable bonds is 2. The molecule has 8 heteroatoms. The first-order valence-corrected chi connectivity index (χ1v) is 5.74. The van der Waals surface area contributed by atoms with E-state index in [0.29, 0.717) is 24.3 Å². The summed E-state index contributed by atoms with van der Waals surface area (Å²) < 4.78 is 60.5. The van der Waals surface area contributed by atoms with Gasteiger partial charge in [-0.2, -0.15) is 33.7 Å². The SMILES string of the molecule is O=C(NC1CCSCC1)C(F)(F)C(F)(F)F. The minimum Gasteiger partial charge on any atom is -0.348 e. The lowest BCUT2D eigenvalue weighted by Crippen LogP contribution is -2.53. The topological polar surface area (TPSA) is 29.1 Å². The van der Waals surface area contributed by atoms with Gasteiger partial charge in [-0.1, -0.05) is 0 Å². The van der Waals surface area contributed by atoms with Crippen molar-refractivity contribution in [3.05, 3.63) is 0 Å². The molecule has 0 aliphatic carbocycles. The van der Waals surface area contributed by atoms with Gasteiger partial charge in [0.2, 0.25) is 0 Å². The summed E-state index contributed by atoms with van der Waals surface area (Å²) in [6.45, 7) is 0. The Morgan fingerprint density at radius 1 is 1.12 bits per heavy atom. The summed E-state index contributed by atoms with van der Waals surface area (Å²) in [4.78, 5) is 10.8. The Morgan fingerprint density at radius 3 is 2.06 bits per heavy atom. The highest BCUT2D eigenvalue weighted by atomic mass is 32.2. The van der Waals surface area contributed by atoms with E-state index in [9.17, 15) is 26.7 Å². The Hall–Kier alpha value is -0.530. The first-order chi connectivity index (χ1) is 7.25. The van der Waals surface area contributed by atoms with E-state index < -0.39 is 24.0 Å². The van der Waals surface area contributed by atoms with Crippen LogP contribution in [-0.4, -0.2) is 35.6 Å². The summed E-state index contributed by atoms with van der Waals surface area (Å²) in [5, 5.41) is 1.74. The molecule has 16 heavy (non-hydrogen) atoms. The Balaban J connectivity index is 2.57. The smallest absolute Gasteiger partial charge is 0.348 e. The van der Waals surface area contributed by atoms with Gasteiger partial charge in [-0.15, -0.1) is 0 Å². The van der Waals surface area contributed by atoms with Crippen LogP contribution in [0.3, 0.4) is 0 Å². The highest BCUT2D eigenvalue weighted by Gasteiger charge is 2.63. The molecule has 0 saturated carbocycles. The molecule has 0 spiro atoms. The summed E-state index contributed by atoms with van der Waals surface area (Å²) >= 11 is 1.58. The molecule has 94 valence electrons. The Morgan fingerprint density at radius 2 is 1.62 bits per heavy atom. The molecule has 1 rings (SSSR count). The Labute approximate surface area is 93.0 Å². The predicted molar refractivity (Wildman–Crippen MR) is 49.5 cm³/mol. The number of amides is 1. The number of alkyl halides is 5. The molecule has 2 nitrogen and oxygen atoms in total. The molecule has 0 aromatic carbocycles. The van der Waals surface area contributed by atoms with Gasteiger partial charge in [0.25, 0.3) is 0 Å². The number of thioether (sulfide) groups is 1. The number of hydrogen-bond donors (Lipinski definition) is 1. The van der Waals surface area contributed by atoms with Gasteiger partial charge in [-0.3, -0.25) is 4.79 Å². The van der Waals surface area contributed by atoms with E-state index in [2.05, 4.69) is 0 Å². The maximum absolute atomic E-state index is 12.5. The van der Waals surface area contributed by atoms with E-state index in [1.54, 1.807) is 17.1 Å². The van der Waals surface area contributed by atoms with E-state index in [0.717, 1.165) is 0 Å². The second kappa shape index (κ2) is 4.77. The fourth-order valence-corrected chi connectivity index (χ4v) is 2.35. The molecule has 1 heterocycles. The van der Waals surface area contributed by atoms with Crippen LogP contribution in [0, 0.1) is 0 Å². The molecule has 0 radical (unpaired) electrons. The maximum Gasteiger partial charge on any atom is 0.463 e. The normalized spacial score (nSPS) is 19.6. The Bertz CT molecular complexity index is 262. The average molecular weight is 263 g/mol. The lowest BCUT2D eigenvalue weighted by molar-refractivity contribution is -0.270. The van der Waals surface area contributed by atoms with Crippen molar-refractivity contribution in [1.82, 2.24) is 5.32 Å². The lowest BCUT2D eigenvalue weighted by Gasteiger charge is -2.25. The summed E-state index contributed by atoms with van der Waals surface area (Å²) in [7, 11) is 0. The average Bonchev–Trinajstić information content (AvgIpc) is 2.17. The van der Waals surface area contributed by atoms with Crippen LogP contribution in [0.5, 0.6) is 0 Å². The largest absolute Gasteiger partial charge is 0.463 e. The van der Waals surface area contributed by atoms with Crippen LogP contribution < -0.4 is 5.32 Å². The number of carbonyl (C=O) groups excluding carboxylic acids is 1. The minimum absolute atomic E-state index is 0.421. The van der Waals surface area contributed by atoms with E-state index >= 15 is 0 Å². The summed E-state index contributed by atoms with van der Waals surface area (Å²) in [6.07, 6.45) is -4.99. The van der Waals surface area contributed by atoms with Gasteiger partial charge in [-0.25, -0.2) is 0 Å². The van der Waals surface area contributed by atoms with Crippen LogP contribution in [-0.2, 0) is 4.79 Å². The third-order valence-corrected chi connectivity index (χ3v) is 3.25. The second-order valence-corrected chi connectivity index (χ2v) is 4.66. The zero-order valence-electron chi connectivity index (χ0n) is 8.11. The van der Waals surface area contributed by atoms with E-state index in [4.69, 9.17) is 0 Å². The number of halogens is 5. The zero-order valence-corrected chi connectivity index (χ0v) is 8.93. The second-order valence-electron chi connectivity index (χ2n) is 3.43. The molecule has 1 amide bonds. The molecule has 0 atom stereocenters.